The number of fused-ring (bicyclic) bond motifs is 12. The highest BCUT2D eigenvalue weighted by Crippen LogP contribution is 2.55. The molecular weight excluding hydrogens is 1850 g/mol. The normalized spacial score (nSPS) is 26.6. The Kier molecular flexibility index (Phi) is 25.6. The summed E-state index contributed by atoms with van der Waals surface area (Å²) in [5, 5.41) is 38.6. The van der Waals surface area contributed by atoms with Crippen LogP contribution in [0.15, 0.2) is 141 Å². The monoisotopic (exact) mass is 1980 g/mol. The van der Waals surface area contributed by atoms with Gasteiger partial charge in [0.15, 0.2) is 5.69 Å². The number of carbonyl (C=O) groups is 6. The third-order valence-electron chi connectivity index (χ3n) is 32.3. The molecule has 12 aromatic heterocycles. The first-order valence-corrected chi connectivity index (χ1v) is 50.5. The summed E-state index contributed by atoms with van der Waals surface area (Å²) in [4.78, 5) is 107. The number of pyridine rings is 5. The summed E-state index contributed by atoms with van der Waals surface area (Å²) >= 11 is 0. The van der Waals surface area contributed by atoms with Gasteiger partial charge in [0.1, 0.15) is 34.9 Å². The van der Waals surface area contributed by atoms with Crippen LogP contribution in [0.4, 0.5) is 26.3 Å². The summed E-state index contributed by atoms with van der Waals surface area (Å²) in [6.45, 7) is 43.5. The van der Waals surface area contributed by atoms with Crippen molar-refractivity contribution in [3.05, 3.63) is 215 Å². The number of imidazole rings is 6. The van der Waals surface area contributed by atoms with Gasteiger partial charge in [0.2, 0.25) is 35.4 Å². The van der Waals surface area contributed by atoms with E-state index in [-0.39, 0.29) is 87.8 Å². The van der Waals surface area contributed by atoms with Crippen LogP contribution in [-0.2, 0) is 79.1 Å². The average molecular weight is 1980 g/mol. The number of carbonyl (C=O) groups excluding carboxylic acids is 6. The number of nitrogens with one attached hydrogen (secondary N) is 12. The van der Waals surface area contributed by atoms with Crippen molar-refractivity contribution in [1.29, 1.82) is 0 Å². The van der Waals surface area contributed by atoms with Crippen LogP contribution < -0.4 is 63.8 Å². The molecule has 12 aromatic rings. The summed E-state index contributed by atoms with van der Waals surface area (Å²) in [7, 11) is 0. The van der Waals surface area contributed by atoms with Crippen molar-refractivity contribution in [2.75, 3.05) is 91.8 Å². The summed E-state index contributed by atoms with van der Waals surface area (Å²) in [5.74, 6) is 10.9. The Morgan fingerprint density at radius 1 is 0.347 bits per heavy atom. The highest BCUT2D eigenvalue weighted by Gasteiger charge is 2.63. The van der Waals surface area contributed by atoms with E-state index in [1.165, 1.54) is 44.0 Å². The Bertz CT molecular complexity index is 6980. The second-order valence-electron chi connectivity index (χ2n) is 44.9. The number of amides is 6. The predicted molar refractivity (Wildman–Crippen MR) is 528 cm³/mol. The molecule has 6 aliphatic carbocycles. The van der Waals surface area contributed by atoms with Gasteiger partial charge in [-0.15, -0.1) is 0 Å². The number of ether oxygens (including phenoxy) is 1. The van der Waals surface area contributed by atoms with Crippen molar-refractivity contribution < 1.29 is 59.8 Å². The maximum absolute atomic E-state index is 13.5. The number of hydrogen-bond donors (Lipinski definition) is 12. The minimum atomic E-state index is -4.56. The lowest BCUT2D eigenvalue weighted by Crippen LogP contribution is -2.44. The van der Waals surface area contributed by atoms with Gasteiger partial charge in [-0.3, -0.25) is 38.2 Å². The topological polar surface area (TPSA) is 373 Å². The fourth-order valence-corrected chi connectivity index (χ4v) is 24.6. The largest absolute Gasteiger partial charge is 0.435 e. The molecule has 6 saturated heterocycles. The zero-order chi connectivity index (χ0) is 102. The molecule has 12 N–H and O–H groups in total. The van der Waals surface area contributed by atoms with E-state index in [9.17, 15) is 55.1 Å². The lowest BCUT2D eigenvalue weighted by Gasteiger charge is -2.26. The molecule has 0 aromatic carbocycles. The number of nitrogens with zero attached hydrogens (tertiary/aromatic N) is 13. The Morgan fingerprint density at radius 3 is 1.10 bits per heavy atom. The fraction of sp³-hybridized carbons (Fsp3) is 0.538. The highest BCUT2D eigenvalue weighted by molar-refractivity contribution is 5.87. The first-order chi connectivity index (χ1) is 68.3. The van der Waals surface area contributed by atoms with Crippen LogP contribution in [0.2, 0.25) is 0 Å². The molecule has 12 fully saturated rings. The molecule has 25 rings (SSSR count). The number of piperidine rings is 6. The number of alkyl halides is 6. The van der Waals surface area contributed by atoms with E-state index >= 15 is 0 Å². The lowest BCUT2D eigenvalue weighted by atomic mass is 10.0. The Balaban J connectivity index is 0.000000106. The van der Waals surface area contributed by atoms with Crippen LogP contribution in [0.1, 0.15) is 164 Å². The van der Waals surface area contributed by atoms with Crippen LogP contribution in [0.5, 0.6) is 0 Å². The molecule has 144 heavy (non-hydrogen) atoms. The van der Waals surface area contributed by atoms with Gasteiger partial charge >= 0.3 is 12.4 Å². The van der Waals surface area contributed by atoms with Gasteiger partial charge in [0.05, 0.1) is 121 Å². The van der Waals surface area contributed by atoms with Crippen molar-refractivity contribution in [1.82, 2.24) is 125 Å². The molecule has 13 aliphatic rings. The molecule has 38 heteroatoms. The van der Waals surface area contributed by atoms with Gasteiger partial charge in [-0.25, -0.2) is 29.9 Å². The minimum absolute atomic E-state index is 0.00233. The lowest BCUT2D eigenvalue weighted by molar-refractivity contribution is -0.140. The molecule has 18 atom stereocenters. The molecule has 7 aliphatic heterocycles. The first-order valence-electron chi connectivity index (χ1n) is 50.5. The van der Waals surface area contributed by atoms with Crippen molar-refractivity contribution in [3.8, 4) is 0 Å². The van der Waals surface area contributed by atoms with Crippen molar-refractivity contribution in [3.63, 3.8) is 0 Å². The van der Waals surface area contributed by atoms with Gasteiger partial charge in [0, 0.05) is 78.9 Å². The molecule has 6 amide bonds. The summed E-state index contributed by atoms with van der Waals surface area (Å²) < 4.78 is 96.5. The van der Waals surface area contributed by atoms with E-state index in [0.29, 0.717) is 89.0 Å². The van der Waals surface area contributed by atoms with Gasteiger partial charge in [-0.1, -0.05) is 30.3 Å². The smallest absolute Gasteiger partial charge is 0.377 e. The zero-order valence-electron chi connectivity index (χ0n) is 84.2. The van der Waals surface area contributed by atoms with Crippen molar-refractivity contribution in [2.45, 2.75) is 163 Å². The maximum atomic E-state index is 13.5. The number of rotatable bonds is 19. The average Bonchev–Trinajstić information content (AvgIpc) is 1.52. The van der Waals surface area contributed by atoms with E-state index in [1.54, 1.807) is 71.5 Å². The van der Waals surface area contributed by atoms with Gasteiger partial charge in [0.25, 0.3) is 0 Å². The van der Waals surface area contributed by atoms with Crippen LogP contribution in [0, 0.1) is 134 Å². The van der Waals surface area contributed by atoms with Gasteiger partial charge in [-0.05, 0) is 331 Å². The fourth-order valence-electron chi connectivity index (χ4n) is 24.6. The molecule has 32 nitrogen and oxygen atoms in total. The van der Waals surface area contributed by atoms with Crippen LogP contribution in [0.3, 0.4) is 0 Å². The molecule has 19 heterocycles. The van der Waals surface area contributed by atoms with E-state index in [1.807, 2.05) is 122 Å². The summed E-state index contributed by atoms with van der Waals surface area (Å²) in [5.41, 5.74) is 4.78. The molecule has 0 bridgehead atoms. The first kappa shape index (κ1) is 99.3. The van der Waals surface area contributed by atoms with Crippen LogP contribution in [0.25, 0.3) is 38.7 Å². The predicted octanol–water partition coefficient (Wildman–Crippen LogP) is 10.4. The quantitative estimate of drug-likeness (QED) is 0.0335. The number of aromatic nitrogens is 13. The van der Waals surface area contributed by atoms with Crippen molar-refractivity contribution >= 4 is 74.1 Å². The molecular formula is C106H131F6N25O7. The molecule has 6 unspecified atom stereocenters. The highest BCUT2D eigenvalue weighted by atomic mass is 19.4. The Labute approximate surface area is 831 Å². The van der Waals surface area contributed by atoms with Gasteiger partial charge < -0.3 is 90.5 Å². The van der Waals surface area contributed by atoms with E-state index in [4.69, 9.17) is 14.7 Å². The molecule has 6 saturated carbocycles. The standard InChI is InChI=1S/C21H26N4O2.C18H21F3N4O.C18H24N4O.C17H19F3N4O.C17H22N4O.C15H19N5O/c1-21(2,24-19(26)17-14-11-22-12-15(14)17)20-23-18(13-6-9-27-10-7-13)16-5-3-4-8-25(16)20;1-9-5-4-6-25-13(9)14(18(19,20)21)23-16(25)17(2,3)24-15(26)12-10-7-22-8-11(10)12;1-10-6-5-7-22-15(10)11(2)20-17(22)18(3,4)21-16(23)14-12-8-19-9-13(12)14;1-16(2,23-14(25)13-9-6-21-7-10(9)13)15-22-8-12-11(17(18,19)20)4-3-5-24(12)15;1-10-5-4-6-21-13(10)9-19-16(21)17(2,3)20-15(22)14-11-7-18-8-12(11)14;1-15(2,14-18-6-9-5-16-3-4-20(9)14)19-13(21)12-10-7-17-8-11(10)12/h3-6,8,14-15,17,22H,7,9-12H2,1-2H3,(H,24,26);4-6,10-12,22H,7-8H2,1-3H3,(H,24,26);5-7,12-14,19H,8-9H2,1-4H3,(H,21,23);3-5,8-10,13,21H,6-7H2,1-2H3,(H,23,25);4-6,9,11-12,14,18H,7-8H2,1-3H3,(H,20,22);3-6,10-12,17H,7-8H2,1-2H3,(H,19,21)/t14-,15+,17?;10-,11+,12?;12-,13+,14?;9-,10+,13?;11-,12+,14?;10-,11+,12?. The molecule has 0 radical (unpaired) electrons. The maximum Gasteiger partial charge on any atom is 0.435 e. The third kappa shape index (κ3) is 18.8. The molecule has 0 spiro atoms. The Morgan fingerprint density at radius 2 is 0.688 bits per heavy atom. The second kappa shape index (κ2) is 37.1. The number of halogens is 6. The summed E-state index contributed by atoms with van der Waals surface area (Å²) in [6.07, 6.45) is 13.4. The van der Waals surface area contributed by atoms with E-state index in [0.717, 1.165) is 154 Å². The van der Waals surface area contributed by atoms with Gasteiger partial charge in [-0.2, -0.15) is 26.3 Å². The number of aryl methyl sites for hydroxylation is 4. The second-order valence-corrected chi connectivity index (χ2v) is 44.9. The van der Waals surface area contributed by atoms with Crippen LogP contribution in [-0.4, -0.2) is 188 Å². The van der Waals surface area contributed by atoms with E-state index < -0.39 is 56.8 Å². The third-order valence-corrected chi connectivity index (χ3v) is 32.3. The SMILES string of the molecule is CC(C)(NC(=O)C1[C@H]2CNC[C@@H]12)c1nc(C2=CCOCC2)c2ccccn12.CC(C)(NC(=O)C1[C@H]2CNC[C@@H]12)c1ncc2c(C(F)(F)F)cccn12.CC(C)(NC(=O)C1[C@H]2CNC[C@@H]12)c1ncc2cnccn12.Cc1cccn2c(C(C)(C)NC(=O)C3[C@H]4CNC[C@@H]34)nc(C(F)(F)F)c12.Cc1cccn2c(C(C)(C)NC(=O)C3[C@H]4CNC[C@@H]34)nc(C)c12.Cc1cccn2c(C(C)(C)NC(=O)C3[C@H]4CNC[C@@H]34)ncc12. The van der Waals surface area contributed by atoms with Crippen LogP contribution >= 0.6 is 0 Å². The summed E-state index contributed by atoms with van der Waals surface area (Å²) in [6, 6.07) is 20.0. The number of hydrogen-bond acceptors (Lipinski definition) is 20. The van der Waals surface area contributed by atoms with E-state index in [2.05, 4.69) is 140 Å². The Hall–Kier alpha value is -12.1. The van der Waals surface area contributed by atoms with Crippen molar-refractivity contribution in [2.24, 2.45) is 107 Å². The molecule has 764 valence electrons. The zero-order valence-corrected chi connectivity index (χ0v) is 84.2. The minimum Gasteiger partial charge on any atom is -0.377 e.